The summed E-state index contributed by atoms with van der Waals surface area (Å²) in [6.45, 7) is 1.71. The summed E-state index contributed by atoms with van der Waals surface area (Å²) in [5.74, 6) is -0.244. The average Bonchev–Trinajstić information content (AvgIpc) is 0.883. The van der Waals surface area contributed by atoms with E-state index in [2.05, 4.69) is 67.8 Å². The fraction of sp³-hybridized carbons (Fsp3) is 0.875. The van der Waals surface area contributed by atoms with Crippen LogP contribution in [0.5, 0.6) is 0 Å². The van der Waals surface area contributed by atoms with Crippen molar-refractivity contribution in [3.05, 3.63) is 48.6 Å². The van der Waals surface area contributed by atoms with Crippen molar-refractivity contribution in [3.8, 4) is 0 Å². The Balaban J connectivity index is 1.41. The maximum absolute atomic E-state index is 13.5. The molecule has 0 bridgehead atoms. The van der Waals surface area contributed by atoms with Crippen LogP contribution >= 0.6 is 0 Å². The number of amides is 1. The summed E-state index contributed by atoms with van der Waals surface area (Å²) in [7, 11) is 0. The Labute approximate surface area is 548 Å². The number of carbonyl (C=O) groups is 1. The molecule has 532 valence electrons. The number of hydrogen-bond donors (Lipinski definition) is 12. The monoisotopic (exact) mass is 1300 g/mol. The summed E-state index contributed by atoms with van der Waals surface area (Å²) >= 11 is 0. The normalized spacial score (nSPS) is 28.1. The molecular formula is C72H131NO18. The molecule has 3 fully saturated rings. The van der Waals surface area contributed by atoms with E-state index in [-0.39, 0.29) is 18.9 Å². The summed E-state index contributed by atoms with van der Waals surface area (Å²) in [5.41, 5.74) is 0. The van der Waals surface area contributed by atoms with Crippen LogP contribution in [0.3, 0.4) is 0 Å². The fourth-order valence-corrected chi connectivity index (χ4v) is 12.3. The van der Waals surface area contributed by atoms with Gasteiger partial charge in [0.25, 0.3) is 0 Å². The molecule has 0 aliphatic carbocycles. The number of carbonyl (C=O) groups excluding carboxylic acids is 1. The molecule has 91 heavy (non-hydrogen) atoms. The van der Waals surface area contributed by atoms with E-state index in [1.165, 1.54) is 161 Å². The van der Waals surface area contributed by atoms with Gasteiger partial charge in [-0.15, -0.1) is 0 Å². The van der Waals surface area contributed by atoms with E-state index in [4.69, 9.17) is 28.4 Å². The molecule has 19 heteroatoms. The molecule has 17 unspecified atom stereocenters. The van der Waals surface area contributed by atoms with Gasteiger partial charge < -0.3 is 89.9 Å². The smallest absolute Gasteiger partial charge is 0.220 e. The standard InChI is InChI=1S/C72H131NO18/c1-3-5-7-9-11-13-15-17-19-21-23-25-26-27-28-30-32-34-36-38-40-42-44-46-48-50-60(78)73-55(56(77)49-47-45-43-41-39-37-35-33-31-29-24-22-20-18-16-14-12-10-8-6-4-2)54-86-70-66(84)63(81)68(58(52-75)88-70)91-72-67(85)64(82)69(59(53-76)89-72)90-71-65(83)62(80)61(79)57(51-74)87-71/h5,7,11,13,17,19,23,25,55-59,61-72,74-77,79-85H,3-4,6,8-10,12,14-16,18,20-22,24,26-54H2,1-2H3,(H,73,78)/b7-5-,13-11-,19-17-,25-23-. The van der Waals surface area contributed by atoms with Crippen LogP contribution in [-0.2, 0) is 33.2 Å². The van der Waals surface area contributed by atoms with Crippen molar-refractivity contribution in [3.63, 3.8) is 0 Å². The molecule has 17 atom stereocenters. The molecule has 3 aliphatic rings. The molecule has 0 saturated carbocycles. The largest absolute Gasteiger partial charge is 0.394 e. The third-order valence-electron chi connectivity index (χ3n) is 18.2. The van der Waals surface area contributed by atoms with Crippen LogP contribution in [0.15, 0.2) is 48.6 Å². The first-order valence-electron chi connectivity index (χ1n) is 36.4. The first kappa shape index (κ1) is 83.0. The van der Waals surface area contributed by atoms with E-state index in [9.17, 15) is 61.0 Å². The van der Waals surface area contributed by atoms with Gasteiger partial charge in [-0.2, -0.15) is 0 Å². The Bertz CT molecular complexity index is 1840. The lowest BCUT2D eigenvalue weighted by Crippen LogP contribution is -2.66. The molecule has 0 aromatic carbocycles. The minimum Gasteiger partial charge on any atom is -0.394 e. The van der Waals surface area contributed by atoms with Crippen LogP contribution in [0.1, 0.15) is 271 Å². The predicted molar refractivity (Wildman–Crippen MR) is 356 cm³/mol. The molecular weight excluding hydrogens is 1170 g/mol. The number of ether oxygens (including phenoxy) is 6. The average molecular weight is 1300 g/mol. The molecule has 12 N–H and O–H groups in total. The zero-order valence-electron chi connectivity index (χ0n) is 56.3. The van der Waals surface area contributed by atoms with Crippen LogP contribution < -0.4 is 5.32 Å². The van der Waals surface area contributed by atoms with Crippen molar-refractivity contribution >= 4 is 5.91 Å². The van der Waals surface area contributed by atoms with Gasteiger partial charge >= 0.3 is 0 Å². The van der Waals surface area contributed by atoms with Gasteiger partial charge in [0.1, 0.15) is 73.2 Å². The maximum atomic E-state index is 13.5. The maximum Gasteiger partial charge on any atom is 0.220 e. The topological polar surface area (TPSA) is 307 Å². The van der Waals surface area contributed by atoms with Gasteiger partial charge in [-0.05, 0) is 51.4 Å². The third kappa shape index (κ3) is 35.5. The number of allylic oxidation sites excluding steroid dienone is 8. The summed E-state index contributed by atoms with van der Waals surface area (Å²) in [6.07, 6.45) is 37.5. The van der Waals surface area contributed by atoms with Gasteiger partial charge in [0.05, 0.1) is 38.6 Å². The van der Waals surface area contributed by atoms with Crippen molar-refractivity contribution in [2.75, 3.05) is 26.4 Å². The summed E-state index contributed by atoms with van der Waals surface area (Å²) in [4.78, 5) is 13.5. The second kappa shape index (κ2) is 53.8. The zero-order chi connectivity index (χ0) is 66.1. The van der Waals surface area contributed by atoms with Crippen LogP contribution in [0.2, 0.25) is 0 Å². The van der Waals surface area contributed by atoms with E-state index in [1.807, 2.05) is 0 Å². The van der Waals surface area contributed by atoms with E-state index in [1.54, 1.807) is 0 Å². The molecule has 0 aromatic rings. The van der Waals surface area contributed by atoms with Crippen molar-refractivity contribution in [2.45, 2.75) is 375 Å². The van der Waals surface area contributed by atoms with E-state index >= 15 is 0 Å². The lowest BCUT2D eigenvalue weighted by molar-refractivity contribution is -0.379. The van der Waals surface area contributed by atoms with E-state index in [0.717, 1.165) is 77.0 Å². The Morgan fingerprint density at radius 3 is 1.19 bits per heavy atom. The van der Waals surface area contributed by atoms with Crippen molar-refractivity contribution in [1.29, 1.82) is 0 Å². The van der Waals surface area contributed by atoms with Crippen LogP contribution in [-0.4, -0.2) is 193 Å². The quantitative estimate of drug-likeness (QED) is 0.0199. The van der Waals surface area contributed by atoms with Crippen molar-refractivity contribution in [1.82, 2.24) is 5.32 Å². The second-order valence-corrected chi connectivity index (χ2v) is 26.0. The van der Waals surface area contributed by atoms with Crippen LogP contribution in [0, 0.1) is 0 Å². The lowest BCUT2D eigenvalue weighted by atomic mass is 9.96. The Morgan fingerprint density at radius 2 is 0.758 bits per heavy atom. The van der Waals surface area contributed by atoms with Gasteiger partial charge in [-0.1, -0.05) is 262 Å². The molecule has 3 saturated heterocycles. The van der Waals surface area contributed by atoms with E-state index in [0.29, 0.717) is 12.8 Å². The Morgan fingerprint density at radius 1 is 0.407 bits per heavy atom. The minimum atomic E-state index is -1.97. The second-order valence-electron chi connectivity index (χ2n) is 26.0. The number of aliphatic hydroxyl groups is 11. The molecule has 1 amide bonds. The third-order valence-corrected chi connectivity index (χ3v) is 18.2. The molecule has 3 heterocycles. The van der Waals surface area contributed by atoms with Gasteiger partial charge in [0.15, 0.2) is 18.9 Å². The minimum absolute atomic E-state index is 0.244. The van der Waals surface area contributed by atoms with Crippen molar-refractivity contribution < 1.29 is 89.4 Å². The molecule has 3 rings (SSSR count). The summed E-state index contributed by atoms with van der Waals surface area (Å²) in [6, 6.07) is -0.890. The first-order chi connectivity index (χ1) is 44.3. The first-order valence-corrected chi connectivity index (χ1v) is 36.4. The number of rotatable bonds is 56. The predicted octanol–water partition coefficient (Wildman–Crippen LogP) is 10.2. The van der Waals surface area contributed by atoms with Gasteiger partial charge in [-0.25, -0.2) is 0 Å². The summed E-state index contributed by atoms with van der Waals surface area (Å²) < 4.78 is 34.5. The highest BCUT2D eigenvalue weighted by molar-refractivity contribution is 5.76. The van der Waals surface area contributed by atoms with Crippen molar-refractivity contribution in [2.24, 2.45) is 0 Å². The Kier molecular flexibility index (Phi) is 49.1. The highest BCUT2D eigenvalue weighted by Crippen LogP contribution is 2.33. The van der Waals surface area contributed by atoms with Crippen LogP contribution in [0.4, 0.5) is 0 Å². The number of aliphatic hydroxyl groups excluding tert-OH is 11. The molecule has 0 aromatic heterocycles. The van der Waals surface area contributed by atoms with Gasteiger partial charge in [0, 0.05) is 6.42 Å². The van der Waals surface area contributed by atoms with E-state index < -0.39 is 124 Å². The lowest BCUT2D eigenvalue weighted by Gasteiger charge is -2.48. The number of unbranched alkanes of at least 4 members (excludes halogenated alkanes) is 32. The zero-order valence-corrected chi connectivity index (χ0v) is 56.3. The number of hydrogen-bond acceptors (Lipinski definition) is 18. The van der Waals surface area contributed by atoms with Crippen LogP contribution in [0.25, 0.3) is 0 Å². The molecule has 3 aliphatic heterocycles. The molecule has 19 nitrogen and oxygen atoms in total. The van der Waals surface area contributed by atoms with Gasteiger partial charge in [-0.3, -0.25) is 4.79 Å². The highest BCUT2D eigenvalue weighted by atomic mass is 16.8. The molecule has 0 radical (unpaired) electrons. The highest BCUT2D eigenvalue weighted by Gasteiger charge is 2.53. The Hall–Kier alpha value is -2.25. The van der Waals surface area contributed by atoms with Gasteiger partial charge in [0.2, 0.25) is 5.91 Å². The fourth-order valence-electron chi connectivity index (χ4n) is 12.3. The molecule has 0 spiro atoms. The summed E-state index contributed by atoms with van der Waals surface area (Å²) in [5, 5.41) is 121. The number of nitrogens with one attached hydrogen (secondary N) is 1. The SMILES string of the molecule is CC/C=C\C/C=C\C/C=C\C/C=C\CCCCCCCCCCCCCCC(=O)NC(COC1OC(CO)C(OC2OC(CO)C(OC3OC(CO)C(O)C(O)C3O)C(O)C2O)C(O)C1O)C(O)CCCCCCCCCCCCCCCCCCCCCCC.